The molecule has 0 bridgehead atoms. The summed E-state index contributed by atoms with van der Waals surface area (Å²) in [5.74, 6) is 0.0323. The average molecular weight is 459 g/mol. The lowest BCUT2D eigenvalue weighted by molar-refractivity contribution is -0.137. The zero-order chi connectivity index (χ0) is 23.2. The van der Waals surface area contributed by atoms with Crippen molar-refractivity contribution in [1.82, 2.24) is 4.90 Å². The third-order valence-electron chi connectivity index (χ3n) is 5.28. The second-order valence-electron chi connectivity index (χ2n) is 7.67. The molecule has 0 saturated carbocycles. The van der Waals surface area contributed by atoms with Gasteiger partial charge in [0.15, 0.2) is 0 Å². The van der Waals surface area contributed by atoms with Gasteiger partial charge in [0, 0.05) is 11.4 Å². The molecule has 5 nitrogen and oxygen atoms in total. The van der Waals surface area contributed by atoms with Crippen molar-refractivity contribution in [2.24, 2.45) is 0 Å². The quantitative estimate of drug-likeness (QED) is 0.434. The Morgan fingerprint density at radius 3 is 2.30 bits per heavy atom. The van der Waals surface area contributed by atoms with Gasteiger partial charge in [-0.25, -0.2) is 0 Å². The first kappa shape index (κ1) is 22.7. The highest BCUT2D eigenvalue weighted by atomic mass is 32.2. The summed E-state index contributed by atoms with van der Waals surface area (Å²) in [7, 11) is 0. The van der Waals surface area contributed by atoms with E-state index in [-0.39, 0.29) is 17.5 Å². The normalized spacial score (nSPS) is 13.6. The maximum Gasteiger partial charge on any atom is 0.278 e. The molecular weight excluding hydrogens is 432 g/mol. The molecule has 0 unspecified atom stereocenters. The molecule has 1 aliphatic heterocycles. The number of nitrogens with one attached hydrogen (secondary N) is 1. The van der Waals surface area contributed by atoms with E-state index < -0.39 is 0 Å². The predicted molar refractivity (Wildman–Crippen MR) is 132 cm³/mol. The van der Waals surface area contributed by atoms with Gasteiger partial charge < -0.3 is 10.1 Å². The van der Waals surface area contributed by atoms with E-state index in [9.17, 15) is 9.59 Å². The fraction of sp³-hybridized carbons (Fsp3) is 0.185. The van der Waals surface area contributed by atoms with Gasteiger partial charge in [-0.05, 0) is 50.1 Å². The van der Waals surface area contributed by atoms with Gasteiger partial charge in [-0.15, -0.1) is 0 Å². The lowest BCUT2D eigenvalue weighted by Crippen LogP contribution is -2.34. The second-order valence-corrected chi connectivity index (χ2v) is 8.75. The maximum absolute atomic E-state index is 13.4. The molecule has 3 aromatic carbocycles. The number of para-hydroxylation sites is 2. The molecule has 0 aliphatic carbocycles. The summed E-state index contributed by atoms with van der Waals surface area (Å²) >= 11 is 1.31. The van der Waals surface area contributed by atoms with Crippen molar-refractivity contribution in [3.8, 4) is 5.75 Å². The van der Waals surface area contributed by atoms with E-state index >= 15 is 0 Å². The predicted octanol–water partition coefficient (Wildman–Crippen LogP) is 5.42. The minimum Gasteiger partial charge on any atom is -0.492 e. The topological polar surface area (TPSA) is 58.6 Å². The zero-order valence-corrected chi connectivity index (χ0v) is 19.5. The number of hydrogen-bond donors (Lipinski definition) is 1. The van der Waals surface area contributed by atoms with E-state index in [1.165, 1.54) is 16.7 Å². The van der Waals surface area contributed by atoms with Crippen LogP contribution in [0.1, 0.15) is 18.1 Å². The molecule has 1 N–H and O–H groups in total. The number of rotatable bonds is 9. The Morgan fingerprint density at radius 2 is 1.58 bits per heavy atom. The zero-order valence-electron chi connectivity index (χ0n) is 18.7. The van der Waals surface area contributed by atoms with Gasteiger partial charge in [0.05, 0.1) is 12.3 Å². The summed E-state index contributed by atoms with van der Waals surface area (Å²) < 4.78 is 5.71. The van der Waals surface area contributed by atoms with Gasteiger partial charge in [-0.2, -0.15) is 0 Å². The van der Waals surface area contributed by atoms with Crippen molar-refractivity contribution in [3.63, 3.8) is 0 Å². The van der Waals surface area contributed by atoms with E-state index in [4.69, 9.17) is 4.74 Å². The van der Waals surface area contributed by atoms with E-state index in [2.05, 4.69) is 5.32 Å². The Kier molecular flexibility index (Phi) is 7.15. The molecule has 2 amide bonds. The number of aryl methyl sites for hydroxylation is 1. The molecule has 3 aromatic rings. The van der Waals surface area contributed by atoms with E-state index in [1.807, 2.05) is 92.7 Å². The third kappa shape index (κ3) is 5.29. The molecule has 0 aromatic heterocycles. The van der Waals surface area contributed by atoms with E-state index in [1.54, 1.807) is 0 Å². The number of imide groups is 1. The summed E-state index contributed by atoms with van der Waals surface area (Å²) in [5, 5.41) is 3.21. The van der Waals surface area contributed by atoms with E-state index in [0.717, 1.165) is 16.0 Å². The van der Waals surface area contributed by atoms with Crippen LogP contribution in [-0.2, 0) is 16.0 Å². The van der Waals surface area contributed by atoms with Crippen molar-refractivity contribution < 1.29 is 14.3 Å². The Bertz CT molecular complexity index is 1170. The first-order valence-corrected chi connectivity index (χ1v) is 11.8. The van der Waals surface area contributed by atoms with Crippen LogP contribution in [0.3, 0.4) is 0 Å². The van der Waals surface area contributed by atoms with Crippen molar-refractivity contribution in [1.29, 1.82) is 0 Å². The summed E-state index contributed by atoms with van der Waals surface area (Å²) in [6.07, 6.45) is 0.601. The fourth-order valence-corrected chi connectivity index (χ4v) is 4.50. The number of anilines is 1. The minimum absolute atomic E-state index is 0.280. The number of carbonyl (C=O) groups is 2. The molecule has 168 valence electrons. The van der Waals surface area contributed by atoms with Crippen LogP contribution in [0.2, 0.25) is 0 Å². The number of hydrogen-bond acceptors (Lipinski definition) is 5. The summed E-state index contributed by atoms with van der Waals surface area (Å²) in [6.45, 7) is 4.74. The highest BCUT2D eigenvalue weighted by molar-refractivity contribution is 8.04. The summed E-state index contributed by atoms with van der Waals surface area (Å²) in [4.78, 5) is 29.4. The van der Waals surface area contributed by atoms with Crippen molar-refractivity contribution in [3.05, 3.63) is 101 Å². The van der Waals surface area contributed by atoms with Crippen LogP contribution in [0.5, 0.6) is 5.75 Å². The highest BCUT2D eigenvalue weighted by Crippen LogP contribution is 2.37. The van der Waals surface area contributed by atoms with Gasteiger partial charge >= 0.3 is 0 Å². The molecule has 1 aliphatic rings. The second kappa shape index (κ2) is 10.4. The third-order valence-corrected chi connectivity index (χ3v) is 6.37. The molecule has 4 rings (SSSR count). The van der Waals surface area contributed by atoms with Gasteiger partial charge in [0.1, 0.15) is 16.4 Å². The van der Waals surface area contributed by atoms with Gasteiger partial charge in [-0.1, -0.05) is 71.9 Å². The molecular formula is C27H26N2O3S. The van der Waals surface area contributed by atoms with Crippen molar-refractivity contribution in [2.45, 2.75) is 25.2 Å². The van der Waals surface area contributed by atoms with Crippen LogP contribution in [0.25, 0.3) is 0 Å². The van der Waals surface area contributed by atoms with Gasteiger partial charge in [0.2, 0.25) is 0 Å². The van der Waals surface area contributed by atoms with Crippen LogP contribution in [0, 0.1) is 6.92 Å². The number of thioether (sulfide) groups is 1. The maximum atomic E-state index is 13.4. The van der Waals surface area contributed by atoms with Crippen LogP contribution in [0.4, 0.5) is 5.69 Å². The largest absolute Gasteiger partial charge is 0.492 e. The summed E-state index contributed by atoms with van der Waals surface area (Å²) in [6, 6.07) is 25.2. The molecule has 0 spiro atoms. The Hall–Kier alpha value is -3.51. The SMILES string of the molecule is CCOc1ccccc1NC1=C(Sc2ccc(C)cc2)C(=O)N(CCc2ccccc2)C1=O. The lowest BCUT2D eigenvalue weighted by atomic mass is 10.1. The van der Waals surface area contributed by atoms with Crippen molar-refractivity contribution in [2.75, 3.05) is 18.5 Å². The number of carbonyl (C=O) groups excluding carboxylic acids is 2. The Labute approximate surface area is 198 Å². The van der Waals surface area contributed by atoms with Crippen LogP contribution in [-0.4, -0.2) is 29.9 Å². The fourth-order valence-electron chi connectivity index (χ4n) is 3.56. The number of ether oxygens (including phenoxy) is 1. The Morgan fingerprint density at radius 1 is 0.879 bits per heavy atom. The van der Waals surface area contributed by atoms with Gasteiger partial charge in [-0.3, -0.25) is 14.5 Å². The standard InChI is InChI=1S/C27H26N2O3S/c1-3-32-23-12-8-7-11-22(23)28-24-25(33-21-15-13-19(2)14-16-21)27(31)29(26(24)30)18-17-20-9-5-4-6-10-20/h4-16,28H,3,17-18H2,1-2H3. The van der Waals surface area contributed by atoms with Crippen LogP contribution < -0.4 is 10.1 Å². The van der Waals surface area contributed by atoms with E-state index in [0.29, 0.717) is 35.9 Å². The molecule has 0 radical (unpaired) electrons. The van der Waals surface area contributed by atoms with Crippen molar-refractivity contribution >= 4 is 29.3 Å². The molecule has 33 heavy (non-hydrogen) atoms. The highest BCUT2D eigenvalue weighted by Gasteiger charge is 2.39. The minimum atomic E-state index is -0.322. The lowest BCUT2D eigenvalue weighted by Gasteiger charge is -2.16. The van der Waals surface area contributed by atoms with Crippen LogP contribution in [0.15, 0.2) is 94.4 Å². The van der Waals surface area contributed by atoms with Crippen LogP contribution >= 0.6 is 11.8 Å². The number of nitrogens with zero attached hydrogens (tertiary/aromatic N) is 1. The molecule has 6 heteroatoms. The number of benzene rings is 3. The summed E-state index contributed by atoms with van der Waals surface area (Å²) in [5.41, 5.74) is 3.15. The monoisotopic (exact) mass is 458 g/mol. The molecule has 1 heterocycles. The molecule has 0 atom stereocenters. The smallest absolute Gasteiger partial charge is 0.278 e. The number of amides is 2. The average Bonchev–Trinajstić information content (AvgIpc) is 3.05. The molecule has 0 saturated heterocycles. The first-order chi connectivity index (χ1) is 16.1. The first-order valence-electron chi connectivity index (χ1n) is 10.9. The molecule has 0 fully saturated rings. The Balaban J connectivity index is 1.64. The van der Waals surface area contributed by atoms with Gasteiger partial charge in [0.25, 0.3) is 11.8 Å².